The molecule has 21 heavy (non-hydrogen) atoms. The molecule has 1 unspecified atom stereocenters. The topological polar surface area (TPSA) is 38.3 Å². The third kappa shape index (κ3) is 3.99. The first-order valence-corrected chi connectivity index (χ1v) is 7.14. The van der Waals surface area contributed by atoms with Gasteiger partial charge in [0, 0.05) is 5.69 Å². The average Bonchev–Trinajstić information content (AvgIpc) is 2.45. The minimum atomic E-state index is -0.635. The normalized spacial score (nSPS) is 11.8. The van der Waals surface area contributed by atoms with Crippen LogP contribution in [0.1, 0.15) is 18.1 Å². The quantitative estimate of drug-likeness (QED) is 0.911. The van der Waals surface area contributed by atoms with E-state index in [0.717, 1.165) is 16.8 Å². The average molecular weight is 304 g/mol. The zero-order valence-corrected chi connectivity index (χ0v) is 13.1. The van der Waals surface area contributed by atoms with Crippen molar-refractivity contribution in [3.05, 3.63) is 58.6 Å². The van der Waals surface area contributed by atoms with Crippen molar-refractivity contribution in [3.63, 3.8) is 0 Å². The highest BCUT2D eigenvalue weighted by Gasteiger charge is 2.17. The molecular formula is C17H18ClNO2. The summed E-state index contributed by atoms with van der Waals surface area (Å²) >= 11 is 6.07. The molecule has 0 fully saturated rings. The highest BCUT2D eigenvalue weighted by atomic mass is 35.5. The molecule has 2 rings (SSSR count). The van der Waals surface area contributed by atoms with Crippen molar-refractivity contribution < 1.29 is 9.53 Å². The summed E-state index contributed by atoms with van der Waals surface area (Å²) in [5.74, 6) is 0.311. The van der Waals surface area contributed by atoms with Crippen LogP contribution in [-0.2, 0) is 4.79 Å². The summed E-state index contributed by atoms with van der Waals surface area (Å²) in [6.45, 7) is 5.59. The van der Waals surface area contributed by atoms with Crippen molar-refractivity contribution in [3.8, 4) is 5.75 Å². The zero-order valence-electron chi connectivity index (χ0n) is 12.3. The van der Waals surface area contributed by atoms with Crippen LogP contribution in [-0.4, -0.2) is 12.0 Å². The van der Waals surface area contributed by atoms with E-state index >= 15 is 0 Å². The molecule has 0 aliphatic rings. The van der Waals surface area contributed by atoms with Gasteiger partial charge in [0.05, 0.1) is 5.02 Å². The van der Waals surface area contributed by atoms with Crippen molar-refractivity contribution in [2.75, 3.05) is 5.32 Å². The van der Waals surface area contributed by atoms with E-state index in [4.69, 9.17) is 16.3 Å². The van der Waals surface area contributed by atoms with Crippen LogP contribution in [0.2, 0.25) is 5.02 Å². The number of aryl methyl sites for hydroxylation is 2. The highest BCUT2D eigenvalue weighted by Crippen LogP contribution is 2.26. The molecule has 1 amide bonds. The Morgan fingerprint density at radius 1 is 1.19 bits per heavy atom. The van der Waals surface area contributed by atoms with Gasteiger partial charge in [-0.15, -0.1) is 0 Å². The predicted octanol–water partition coefficient (Wildman–Crippen LogP) is 4.36. The first kappa shape index (κ1) is 15.4. The molecule has 0 aliphatic heterocycles. The summed E-state index contributed by atoms with van der Waals surface area (Å²) in [5, 5.41) is 3.35. The van der Waals surface area contributed by atoms with Gasteiger partial charge >= 0.3 is 0 Å². The standard InChI is InChI=1S/C17H18ClNO2/c1-11-8-9-14(18)16(10-11)21-13(3)17(20)19-15-7-5-4-6-12(15)2/h4-10,13H,1-3H3,(H,19,20). The molecule has 3 nitrogen and oxygen atoms in total. The van der Waals surface area contributed by atoms with Crippen LogP contribution < -0.4 is 10.1 Å². The van der Waals surface area contributed by atoms with Gasteiger partial charge in [0.2, 0.25) is 0 Å². The fraction of sp³-hybridized carbons (Fsp3) is 0.235. The second-order valence-electron chi connectivity index (χ2n) is 5.00. The lowest BCUT2D eigenvalue weighted by Gasteiger charge is -2.16. The van der Waals surface area contributed by atoms with E-state index in [1.54, 1.807) is 13.0 Å². The fourth-order valence-corrected chi connectivity index (χ4v) is 2.05. The number of carbonyl (C=O) groups is 1. The lowest BCUT2D eigenvalue weighted by Crippen LogP contribution is -2.30. The predicted molar refractivity (Wildman–Crippen MR) is 86.1 cm³/mol. The third-order valence-electron chi connectivity index (χ3n) is 3.16. The third-order valence-corrected chi connectivity index (χ3v) is 3.47. The molecule has 110 valence electrons. The summed E-state index contributed by atoms with van der Waals surface area (Å²) in [5.41, 5.74) is 2.82. The summed E-state index contributed by atoms with van der Waals surface area (Å²) in [4.78, 5) is 12.2. The summed E-state index contributed by atoms with van der Waals surface area (Å²) < 4.78 is 5.66. The number of rotatable bonds is 4. The molecule has 0 radical (unpaired) electrons. The Balaban J connectivity index is 2.06. The van der Waals surface area contributed by atoms with Gasteiger partial charge in [-0.3, -0.25) is 4.79 Å². The molecule has 4 heteroatoms. The van der Waals surface area contributed by atoms with E-state index in [0.29, 0.717) is 10.8 Å². The van der Waals surface area contributed by atoms with Gasteiger partial charge in [0.15, 0.2) is 6.10 Å². The van der Waals surface area contributed by atoms with Crippen molar-refractivity contribution in [2.45, 2.75) is 26.9 Å². The number of benzene rings is 2. The molecule has 0 aliphatic carbocycles. The molecule has 0 spiro atoms. The maximum Gasteiger partial charge on any atom is 0.265 e. The highest BCUT2D eigenvalue weighted by molar-refractivity contribution is 6.32. The van der Waals surface area contributed by atoms with Crippen LogP contribution in [0.25, 0.3) is 0 Å². The molecule has 0 saturated carbocycles. The smallest absolute Gasteiger partial charge is 0.265 e. The first-order valence-electron chi connectivity index (χ1n) is 6.76. The Bertz CT molecular complexity index is 655. The van der Waals surface area contributed by atoms with Crippen molar-refractivity contribution in [2.24, 2.45) is 0 Å². The Labute approximate surface area is 129 Å². The van der Waals surface area contributed by atoms with Crippen LogP contribution in [0.3, 0.4) is 0 Å². The van der Waals surface area contributed by atoms with Crippen LogP contribution >= 0.6 is 11.6 Å². The Morgan fingerprint density at radius 3 is 2.62 bits per heavy atom. The van der Waals surface area contributed by atoms with Crippen molar-refractivity contribution >= 4 is 23.2 Å². The van der Waals surface area contributed by atoms with Gasteiger partial charge in [0.1, 0.15) is 5.75 Å². The number of ether oxygens (including phenoxy) is 1. The van der Waals surface area contributed by atoms with E-state index in [2.05, 4.69) is 5.32 Å². The van der Waals surface area contributed by atoms with Crippen LogP contribution in [0, 0.1) is 13.8 Å². The Morgan fingerprint density at radius 2 is 1.90 bits per heavy atom. The van der Waals surface area contributed by atoms with E-state index in [-0.39, 0.29) is 5.91 Å². The minimum Gasteiger partial charge on any atom is -0.479 e. The molecule has 0 saturated heterocycles. The second-order valence-corrected chi connectivity index (χ2v) is 5.41. The van der Waals surface area contributed by atoms with Crippen molar-refractivity contribution in [1.82, 2.24) is 0 Å². The van der Waals surface area contributed by atoms with E-state index in [9.17, 15) is 4.79 Å². The van der Waals surface area contributed by atoms with Crippen molar-refractivity contribution in [1.29, 1.82) is 0 Å². The monoisotopic (exact) mass is 303 g/mol. The van der Waals surface area contributed by atoms with Gasteiger partial charge in [-0.2, -0.15) is 0 Å². The summed E-state index contributed by atoms with van der Waals surface area (Å²) in [6, 6.07) is 13.1. The molecule has 0 heterocycles. The number of nitrogens with one attached hydrogen (secondary N) is 1. The number of hydrogen-bond acceptors (Lipinski definition) is 2. The van der Waals surface area contributed by atoms with E-state index in [1.165, 1.54) is 0 Å². The van der Waals surface area contributed by atoms with Crippen LogP contribution in [0.15, 0.2) is 42.5 Å². The molecule has 0 aromatic heterocycles. The first-order chi connectivity index (χ1) is 9.97. The molecule has 1 N–H and O–H groups in total. The molecule has 2 aromatic carbocycles. The maximum atomic E-state index is 12.2. The number of anilines is 1. The molecule has 1 atom stereocenters. The summed E-state index contributed by atoms with van der Waals surface area (Å²) in [6.07, 6.45) is -0.635. The largest absolute Gasteiger partial charge is 0.479 e. The minimum absolute atomic E-state index is 0.207. The molecule has 2 aromatic rings. The number of para-hydroxylation sites is 1. The van der Waals surface area contributed by atoms with Gasteiger partial charge in [-0.25, -0.2) is 0 Å². The van der Waals surface area contributed by atoms with Gasteiger partial charge in [-0.05, 0) is 50.1 Å². The maximum absolute atomic E-state index is 12.2. The SMILES string of the molecule is Cc1ccc(Cl)c(OC(C)C(=O)Nc2ccccc2C)c1. The molecule has 0 bridgehead atoms. The zero-order chi connectivity index (χ0) is 15.4. The van der Waals surface area contributed by atoms with Gasteiger partial charge in [0.25, 0.3) is 5.91 Å². The summed E-state index contributed by atoms with van der Waals surface area (Å²) in [7, 11) is 0. The van der Waals surface area contributed by atoms with E-state index < -0.39 is 6.10 Å². The lowest BCUT2D eigenvalue weighted by atomic mass is 10.2. The number of carbonyl (C=O) groups excluding carboxylic acids is 1. The second kappa shape index (κ2) is 6.64. The Hall–Kier alpha value is -2.00. The van der Waals surface area contributed by atoms with Crippen LogP contribution in [0.5, 0.6) is 5.75 Å². The molecular weight excluding hydrogens is 286 g/mol. The number of amides is 1. The number of halogens is 1. The van der Waals surface area contributed by atoms with Gasteiger partial charge in [-0.1, -0.05) is 35.9 Å². The van der Waals surface area contributed by atoms with Gasteiger partial charge < -0.3 is 10.1 Å². The Kier molecular flexibility index (Phi) is 4.86. The van der Waals surface area contributed by atoms with Crippen LogP contribution in [0.4, 0.5) is 5.69 Å². The fourth-order valence-electron chi connectivity index (χ4n) is 1.89. The lowest BCUT2D eigenvalue weighted by molar-refractivity contribution is -0.122. The van der Waals surface area contributed by atoms with E-state index in [1.807, 2.05) is 50.2 Å². The number of hydrogen-bond donors (Lipinski definition) is 1.